The topological polar surface area (TPSA) is 63.3 Å². The Hall–Kier alpha value is -2.08. The number of hydrogen-bond acceptors (Lipinski definition) is 4. The van der Waals surface area contributed by atoms with Crippen LogP contribution in [-0.4, -0.2) is 30.7 Å². The van der Waals surface area contributed by atoms with Gasteiger partial charge in [-0.3, -0.25) is 4.79 Å². The van der Waals surface area contributed by atoms with Crippen LogP contribution in [0.25, 0.3) is 10.9 Å². The van der Waals surface area contributed by atoms with Gasteiger partial charge in [-0.2, -0.15) is 0 Å². The second-order valence-electron chi connectivity index (χ2n) is 6.07. The van der Waals surface area contributed by atoms with E-state index in [9.17, 15) is 9.18 Å². The van der Waals surface area contributed by atoms with Gasteiger partial charge in [-0.25, -0.2) is 4.39 Å². The molecule has 2 fully saturated rings. The van der Waals surface area contributed by atoms with Crippen molar-refractivity contribution in [3.63, 3.8) is 0 Å². The monoisotopic (exact) mass is 302 g/mol. The number of halogens is 1. The van der Waals surface area contributed by atoms with Gasteiger partial charge in [0, 0.05) is 44.5 Å². The summed E-state index contributed by atoms with van der Waals surface area (Å²) in [5.41, 5.74) is 7.01. The Morgan fingerprint density at radius 2 is 2.00 bits per heavy atom. The normalized spacial score (nSPS) is 18.9. The van der Waals surface area contributed by atoms with Gasteiger partial charge in [0.1, 0.15) is 0 Å². The number of nitrogens with zero attached hydrogens (tertiary/aromatic N) is 2. The molecule has 1 aromatic carbocycles. The Kier molecular flexibility index (Phi) is 3.07. The molecular formula is C16H19FN4O. The predicted octanol–water partition coefficient (Wildman–Crippen LogP) is 1.47. The van der Waals surface area contributed by atoms with E-state index in [1.165, 1.54) is 6.07 Å². The van der Waals surface area contributed by atoms with Crippen LogP contribution < -0.4 is 21.4 Å². The van der Waals surface area contributed by atoms with Gasteiger partial charge in [0.05, 0.1) is 22.3 Å². The van der Waals surface area contributed by atoms with Gasteiger partial charge in [-0.1, -0.05) is 0 Å². The minimum atomic E-state index is -0.472. The van der Waals surface area contributed by atoms with Crippen LogP contribution in [0, 0.1) is 5.82 Å². The summed E-state index contributed by atoms with van der Waals surface area (Å²) in [6.07, 6.45) is 4.00. The lowest BCUT2D eigenvalue weighted by Crippen LogP contribution is -2.44. The summed E-state index contributed by atoms with van der Waals surface area (Å²) in [6, 6.07) is 3.69. The Morgan fingerprint density at radius 1 is 1.27 bits per heavy atom. The summed E-state index contributed by atoms with van der Waals surface area (Å²) >= 11 is 0. The van der Waals surface area contributed by atoms with Crippen molar-refractivity contribution in [1.29, 1.82) is 0 Å². The molecule has 2 heterocycles. The second kappa shape index (κ2) is 4.98. The summed E-state index contributed by atoms with van der Waals surface area (Å²) in [5.74, 6) is -0.472. The molecule has 3 N–H and O–H groups in total. The van der Waals surface area contributed by atoms with Crippen molar-refractivity contribution in [1.82, 2.24) is 9.88 Å². The molecule has 1 aliphatic heterocycles. The highest BCUT2D eigenvalue weighted by Gasteiger charge is 2.27. The van der Waals surface area contributed by atoms with Gasteiger partial charge in [-0.05, 0) is 18.9 Å². The molecule has 0 spiro atoms. The highest BCUT2D eigenvalue weighted by Crippen LogP contribution is 2.39. The zero-order valence-corrected chi connectivity index (χ0v) is 12.3. The van der Waals surface area contributed by atoms with Crippen molar-refractivity contribution >= 4 is 22.3 Å². The standard InChI is InChI=1S/C16H19FN4O/c17-15-12(20-7-4-19-5-8-20)9-11-14(16(15)18)13(22)3-6-21(11)10-1-2-10/h3,6,9-10,19H,1-2,4-5,7-8,18H2. The molecule has 2 aromatic rings. The number of nitrogen functional groups attached to an aromatic ring is 1. The Balaban J connectivity index is 1.96. The van der Waals surface area contributed by atoms with Gasteiger partial charge in [0.25, 0.3) is 0 Å². The van der Waals surface area contributed by atoms with E-state index in [4.69, 9.17) is 5.73 Å². The first-order chi connectivity index (χ1) is 10.7. The van der Waals surface area contributed by atoms with E-state index >= 15 is 0 Å². The van der Waals surface area contributed by atoms with Crippen LogP contribution in [0.2, 0.25) is 0 Å². The molecule has 22 heavy (non-hydrogen) atoms. The first-order valence-electron chi connectivity index (χ1n) is 7.75. The van der Waals surface area contributed by atoms with Crippen LogP contribution in [0.4, 0.5) is 15.8 Å². The third-order valence-corrected chi connectivity index (χ3v) is 4.57. The van der Waals surface area contributed by atoms with E-state index in [2.05, 4.69) is 9.88 Å². The van der Waals surface area contributed by atoms with Gasteiger partial charge >= 0.3 is 0 Å². The maximum atomic E-state index is 14.7. The molecule has 0 atom stereocenters. The maximum Gasteiger partial charge on any atom is 0.191 e. The van der Waals surface area contributed by atoms with Crippen molar-refractivity contribution < 1.29 is 4.39 Å². The number of nitrogens with two attached hydrogens (primary N) is 1. The summed E-state index contributed by atoms with van der Waals surface area (Å²) in [5, 5.41) is 3.56. The number of piperazine rings is 1. The molecule has 0 bridgehead atoms. The molecule has 5 nitrogen and oxygen atoms in total. The number of hydrogen-bond donors (Lipinski definition) is 2. The van der Waals surface area contributed by atoms with Crippen molar-refractivity contribution in [2.24, 2.45) is 0 Å². The summed E-state index contributed by atoms with van der Waals surface area (Å²) in [7, 11) is 0. The highest BCUT2D eigenvalue weighted by molar-refractivity contribution is 5.94. The predicted molar refractivity (Wildman–Crippen MR) is 85.9 cm³/mol. The first kappa shape index (κ1) is 13.6. The highest BCUT2D eigenvalue weighted by atomic mass is 19.1. The SMILES string of the molecule is Nc1c(F)c(N2CCNCC2)cc2c1c(=O)ccn2C1CC1. The number of pyridine rings is 1. The fraction of sp³-hybridized carbons (Fsp3) is 0.438. The number of benzene rings is 1. The molecule has 1 aromatic heterocycles. The average Bonchev–Trinajstić information content (AvgIpc) is 3.36. The molecule has 116 valence electrons. The van der Waals surface area contributed by atoms with Gasteiger partial charge in [0.2, 0.25) is 0 Å². The zero-order valence-electron chi connectivity index (χ0n) is 12.3. The van der Waals surface area contributed by atoms with Crippen LogP contribution >= 0.6 is 0 Å². The van der Waals surface area contributed by atoms with E-state index < -0.39 is 5.82 Å². The molecule has 6 heteroatoms. The molecule has 2 aliphatic rings. The Labute approximate surface area is 127 Å². The van der Waals surface area contributed by atoms with Crippen molar-refractivity contribution in [3.8, 4) is 0 Å². The fourth-order valence-electron chi connectivity index (χ4n) is 3.23. The molecular weight excluding hydrogens is 283 g/mol. The van der Waals surface area contributed by atoms with E-state index in [1.54, 1.807) is 12.3 Å². The largest absolute Gasteiger partial charge is 0.396 e. The second-order valence-corrected chi connectivity index (χ2v) is 6.07. The zero-order chi connectivity index (χ0) is 15.3. The quantitative estimate of drug-likeness (QED) is 0.825. The van der Waals surface area contributed by atoms with Crippen LogP contribution in [-0.2, 0) is 0 Å². The molecule has 4 rings (SSSR count). The number of anilines is 2. The lowest BCUT2D eigenvalue weighted by molar-refractivity contribution is 0.568. The number of rotatable bonds is 2. The third kappa shape index (κ3) is 2.06. The molecule has 0 unspecified atom stereocenters. The molecule has 1 saturated heterocycles. The number of nitrogens with one attached hydrogen (secondary N) is 1. The third-order valence-electron chi connectivity index (χ3n) is 4.57. The average molecular weight is 302 g/mol. The van der Waals surface area contributed by atoms with Crippen LogP contribution in [0.1, 0.15) is 18.9 Å². The minimum absolute atomic E-state index is 0.0222. The van der Waals surface area contributed by atoms with E-state index in [1.807, 2.05) is 4.90 Å². The lowest BCUT2D eigenvalue weighted by atomic mass is 10.1. The molecule has 1 saturated carbocycles. The lowest BCUT2D eigenvalue weighted by Gasteiger charge is -2.30. The van der Waals surface area contributed by atoms with E-state index in [0.717, 1.165) is 44.5 Å². The fourth-order valence-corrected chi connectivity index (χ4v) is 3.23. The Bertz CT molecular complexity index is 791. The van der Waals surface area contributed by atoms with Gasteiger partial charge in [0.15, 0.2) is 11.2 Å². The smallest absolute Gasteiger partial charge is 0.191 e. The molecule has 1 aliphatic carbocycles. The minimum Gasteiger partial charge on any atom is -0.396 e. The summed E-state index contributed by atoms with van der Waals surface area (Å²) in [4.78, 5) is 14.1. The van der Waals surface area contributed by atoms with Gasteiger partial charge in [-0.15, -0.1) is 0 Å². The van der Waals surface area contributed by atoms with Crippen LogP contribution in [0.5, 0.6) is 0 Å². The number of aromatic nitrogens is 1. The van der Waals surface area contributed by atoms with Gasteiger partial charge < -0.3 is 20.5 Å². The van der Waals surface area contributed by atoms with Crippen molar-refractivity contribution in [3.05, 3.63) is 34.4 Å². The summed E-state index contributed by atoms with van der Waals surface area (Å²) in [6.45, 7) is 3.12. The van der Waals surface area contributed by atoms with E-state index in [0.29, 0.717) is 17.1 Å². The first-order valence-corrected chi connectivity index (χ1v) is 7.75. The van der Waals surface area contributed by atoms with Crippen molar-refractivity contribution in [2.75, 3.05) is 36.8 Å². The molecule has 0 amide bonds. The van der Waals surface area contributed by atoms with Crippen LogP contribution in [0.15, 0.2) is 23.1 Å². The summed E-state index contributed by atoms with van der Waals surface area (Å²) < 4.78 is 16.8. The maximum absolute atomic E-state index is 14.7. The van der Waals surface area contributed by atoms with E-state index in [-0.39, 0.29) is 11.1 Å². The molecule has 0 radical (unpaired) electrons. The van der Waals surface area contributed by atoms with Crippen LogP contribution in [0.3, 0.4) is 0 Å². The number of fused-ring (bicyclic) bond motifs is 1. The Morgan fingerprint density at radius 3 is 2.68 bits per heavy atom. The van der Waals surface area contributed by atoms with Crippen molar-refractivity contribution in [2.45, 2.75) is 18.9 Å².